The third-order valence-electron chi connectivity index (χ3n) is 6.73. The Morgan fingerprint density at radius 1 is 0.800 bits per heavy atom. The van der Waals surface area contributed by atoms with E-state index in [1.54, 1.807) is 7.11 Å². The number of methoxy groups -OCH3 is 1. The maximum absolute atomic E-state index is 13.0. The standard InChI is InChI=1S/C33H45NO5Si/c1-32(2,3)39-31(35)34-29(23-26-17-11-8-12-18-26)30(37-25-36-7)24-38-40(33(4,5)6,27-19-13-9-14-20-27)28-21-15-10-16-22-28/h8-22,29-30H,23-25H2,1-7H3,(H,34,35)/t29-,30-/m1/s1. The van der Waals surface area contributed by atoms with Gasteiger partial charge in [-0.05, 0) is 48.2 Å². The molecule has 3 aromatic carbocycles. The molecule has 1 amide bonds. The third-order valence-corrected chi connectivity index (χ3v) is 11.7. The van der Waals surface area contributed by atoms with Crippen molar-refractivity contribution in [2.24, 2.45) is 0 Å². The first-order chi connectivity index (χ1) is 19.0. The Bertz CT molecular complexity index is 1120. The minimum atomic E-state index is -2.83. The molecule has 6 nitrogen and oxygen atoms in total. The Labute approximate surface area is 241 Å². The lowest BCUT2D eigenvalue weighted by atomic mass is 10.0. The number of nitrogens with one attached hydrogen (secondary N) is 1. The van der Waals surface area contributed by atoms with Gasteiger partial charge in [0.1, 0.15) is 18.5 Å². The molecule has 0 aliphatic heterocycles. The Balaban J connectivity index is 2.03. The van der Waals surface area contributed by atoms with Crippen molar-refractivity contribution < 1.29 is 23.4 Å². The van der Waals surface area contributed by atoms with Gasteiger partial charge in [-0.1, -0.05) is 112 Å². The monoisotopic (exact) mass is 563 g/mol. The van der Waals surface area contributed by atoms with E-state index in [1.165, 1.54) is 10.4 Å². The summed E-state index contributed by atoms with van der Waals surface area (Å²) in [6.07, 6.45) is -0.460. The van der Waals surface area contributed by atoms with Crippen molar-refractivity contribution in [1.82, 2.24) is 5.32 Å². The van der Waals surface area contributed by atoms with Gasteiger partial charge in [-0.15, -0.1) is 0 Å². The van der Waals surface area contributed by atoms with Crippen LogP contribution >= 0.6 is 0 Å². The van der Waals surface area contributed by atoms with Crippen LogP contribution in [0.4, 0.5) is 4.79 Å². The second-order valence-corrected chi connectivity index (χ2v) is 16.3. The highest BCUT2D eigenvalue weighted by atomic mass is 28.4. The van der Waals surface area contributed by atoms with Gasteiger partial charge < -0.3 is 24.0 Å². The molecule has 0 heterocycles. The van der Waals surface area contributed by atoms with E-state index in [0.717, 1.165) is 5.56 Å². The van der Waals surface area contributed by atoms with Crippen molar-refractivity contribution in [3.05, 3.63) is 96.6 Å². The molecule has 7 heteroatoms. The van der Waals surface area contributed by atoms with Crippen molar-refractivity contribution in [3.63, 3.8) is 0 Å². The number of alkyl carbamates (subject to hydrolysis) is 1. The van der Waals surface area contributed by atoms with E-state index in [2.05, 4.69) is 74.6 Å². The van der Waals surface area contributed by atoms with E-state index in [9.17, 15) is 4.79 Å². The molecule has 40 heavy (non-hydrogen) atoms. The molecule has 3 rings (SSSR count). The summed E-state index contributed by atoms with van der Waals surface area (Å²) in [5.74, 6) is 0. The first-order valence-electron chi connectivity index (χ1n) is 13.9. The van der Waals surface area contributed by atoms with Gasteiger partial charge in [0.15, 0.2) is 0 Å². The van der Waals surface area contributed by atoms with Crippen LogP contribution in [0.5, 0.6) is 0 Å². The normalized spacial score (nSPS) is 13.9. The number of hydrogen-bond acceptors (Lipinski definition) is 5. The van der Waals surface area contributed by atoms with E-state index >= 15 is 0 Å². The molecule has 0 aliphatic rings. The number of carbonyl (C=O) groups excluding carboxylic acids is 1. The van der Waals surface area contributed by atoms with Crippen LogP contribution in [0, 0.1) is 0 Å². The Hall–Kier alpha value is -2.97. The molecule has 0 aliphatic carbocycles. The smallest absolute Gasteiger partial charge is 0.407 e. The molecule has 0 bridgehead atoms. The van der Waals surface area contributed by atoms with Crippen LogP contribution in [0.15, 0.2) is 91.0 Å². The molecule has 0 radical (unpaired) electrons. The fourth-order valence-corrected chi connectivity index (χ4v) is 9.58. The average molecular weight is 564 g/mol. The number of benzene rings is 3. The highest BCUT2D eigenvalue weighted by Gasteiger charge is 2.50. The molecule has 0 saturated heterocycles. The Morgan fingerprint density at radius 3 is 1.75 bits per heavy atom. The first kappa shape index (κ1) is 31.6. The maximum Gasteiger partial charge on any atom is 0.407 e. The molecule has 0 fully saturated rings. The highest BCUT2D eigenvalue weighted by molar-refractivity contribution is 6.99. The van der Waals surface area contributed by atoms with Crippen LogP contribution in [0.3, 0.4) is 0 Å². The van der Waals surface area contributed by atoms with Crippen LogP contribution in [0.25, 0.3) is 0 Å². The summed E-state index contributed by atoms with van der Waals surface area (Å²) < 4.78 is 24.4. The summed E-state index contributed by atoms with van der Waals surface area (Å²) in [7, 11) is -1.24. The fraction of sp³-hybridized carbons (Fsp3) is 0.424. The van der Waals surface area contributed by atoms with E-state index in [0.29, 0.717) is 6.42 Å². The lowest BCUT2D eigenvalue weighted by molar-refractivity contribution is -0.0966. The topological polar surface area (TPSA) is 66.0 Å². The van der Waals surface area contributed by atoms with Crippen LogP contribution in [0.1, 0.15) is 47.1 Å². The van der Waals surface area contributed by atoms with Crippen molar-refractivity contribution in [3.8, 4) is 0 Å². The minimum Gasteiger partial charge on any atom is -0.444 e. The zero-order valence-electron chi connectivity index (χ0n) is 25.0. The number of amides is 1. The van der Waals surface area contributed by atoms with Gasteiger partial charge in [-0.2, -0.15) is 0 Å². The molecule has 3 aromatic rings. The minimum absolute atomic E-state index is 0.0655. The number of ether oxygens (including phenoxy) is 3. The molecule has 0 spiro atoms. The van der Waals surface area contributed by atoms with Crippen molar-refractivity contribution in [2.45, 2.75) is 70.7 Å². The summed E-state index contributed by atoms with van der Waals surface area (Å²) in [6.45, 7) is 12.6. The van der Waals surface area contributed by atoms with E-state index in [1.807, 2.05) is 63.2 Å². The van der Waals surface area contributed by atoms with Crippen LogP contribution < -0.4 is 15.7 Å². The zero-order chi connectivity index (χ0) is 29.2. The van der Waals surface area contributed by atoms with Gasteiger partial charge in [0, 0.05) is 7.11 Å². The van der Waals surface area contributed by atoms with Gasteiger partial charge >= 0.3 is 6.09 Å². The lowest BCUT2D eigenvalue weighted by Gasteiger charge is -2.44. The van der Waals surface area contributed by atoms with E-state index < -0.39 is 32.2 Å². The van der Waals surface area contributed by atoms with Crippen molar-refractivity contribution >= 4 is 24.8 Å². The average Bonchev–Trinajstić information content (AvgIpc) is 2.90. The molecule has 0 saturated carbocycles. The highest BCUT2D eigenvalue weighted by Crippen LogP contribution is 2.37. The molecule has 216 valence electrons. The molecule has 2 atom stereocenters. The molecule has 0 unspecified atom stereocenters. The van der Waals surface area contributed by atoms with Gasteiger partial charge in [-0.25, -0.2) is 4.79 Å². The van der Waals surface area contributed by atoms with Crippen LogP contribution in [0.2, 0.25) is 5.04 Å². The van der Waals surface area contributed by atoms with Gasteiger partial charge in [-0.3, -0.25) is 0 Å². The van der Waals surface area contributed by atoms with Crippen LogP contribution in [-0.4, -0.2) is 52.7 Å². The largest absolute Gasteiger partial charge is 0.444 e. The van der Waals surface area contributed by atoms with Crippen LogP contribution in [-0.2, 0) is 25.1 Å². The summed E-state index contributed by atoms with van der Waals surface area (Å²) in [5.41, 5.74) is 0.440. The van der Waals surface area contributed by atoms with Gasteiger partial charge in [0.2, 0.25) is 0 Å². The van der Waals surface area contributed by atoms with E-state index in [4.69, 9.17) is 18.6 Å². The molecular weight excluding hydrogens is 518 g/mol. The number of rotatable bonds is 12. The predicted octanol–water partition coefficient (Wildman–Crippen LogP) is 5.69. The Kier molecular flexibility index (Phi) is 11.1. The predicted molar refractivity (Wildman–Crippen MR) is 164 cm³/mol. The molecular formula is C33H45NO5Si. The number of carbonyl (C=O) groups is 1. The SMILES string of the molecule is COCO[C@H](CO[Si](c1ccccc1)(c1ccccc1)C(C)(C)C)[C@@H](Cc1ccccc1)NC(=O)OC(C)(C)C. The molecule has 1 N–H and O–H groups in total. The fourth-order valence-electron chi connectivity index (χ4n) is 5.01. The van der Waals surface area contributed by atoms with Crippen molar-refractivity contribution in [2.75, 3.05) is 20.5 Å². The summed E-state index contributed by atoms with van der Waals surface area (Å²) >= 11 is 0. The van der Waals surface area contributed by atoms with Crippen molar-refractivity contribution in [1.29, 1.82) is 0 Å². The Morgan fingerprint density at radius 2 is 1.30 bits per heavy atom. The summed E-state index contributed by atoms with van der Waals surface area (Å²) in [6, 6.07) is 30.6. The zero-order valence-corrected chi connectivity index (χ0v) is 26.0. The summed E-state index contributed by atoms with van der Waals surface area (Å²) in [5, 5.41) is 5.24. The quantitative estimate of drug-likeness (QED) is 0.227. The molecule has 0 aromatic heterocycles. The van der Waals surface area contributed by atoms with Gasteiger partial charge in [0.05, 0.1) is 12.6 Å². The third kappa shape index (κ3) is 8.51. The first-order valence-corrected chi connectivity index (χ1v) is 15.8. The van der Waals surface area contributed by atoms with Gasteiger partial charge in [0.25, 0.3) is 8.32 Å². The second-order valence-electron chi connectivity index (χ2n) is 12.0. The second kappa shape index (κ2) is 14.1. The summed E-state index contributed by atoms with van der Waals surface area (Å²) in [4.78, 5) is 13.0. The number of hydrogen-bond donors (Lipinski definition) is 1. The van der Waals surface area contributed by atoms with E-state index in [-0.39, 0.29) is 18.4 Å². The maximum atomic E-state index is 13.0. The lowest BCUT2D eigenvalue weighted by Crippen LogP contribution is -2.67.